The molecule has 0 saturated heterocycles. The van der Waals surface area contributed by atoms with E-state index in [0.29, 0.717) is 11.8 Å². The van der Waals surface area contributed by atoms with E-state index in [0.717, 1.165) is 34.8 Å². The monoisotopic (exact) mass is 350 g/mol. The second-order valence-electron chi connectivity index (χ2n) is 7.57. The molecule has 0 radical (unpaired) electrons. The number of hydrogen-bond donors (Lipinski definition) is 1. The molecule has 4 nitrogen and oxygen atoms in total. The summed E-state index contributed by atoms with van der Waals surface area (Å²) in [5.41, 5.74) is 6.76. The van der Waals surface area contributed by atoms with Crippen molar-refractivity contribution in [1.29, 1.82) is 0 Å². The summed E-state index contributed by atoms with van der Waals surface area (Å²) in [5, 5.41) is 4.52. The average Bonchev–Trinajstić information content (AvgIpc) is 2.95. The number of aryl methyl sites for hydroxylation is 2. The first kappa shape index (κ1) is 18.4. The smallest absolute Gasteiger partial charge is 0.140 e. The van der Waals surface area contributed by atoms with Crippen molar-refractivity contribution in [2.24, 2.45) is 7.05 Å². The van der Waals surface area contributed by atoms with Gasteiger partial charge in [-0.05, 0) is 54.5 Å². The van der Waals surface area contributed by atoms with E-state index in [1.165, 1.54) is 16.5 Å². The molecule has 26 heavy (non-hydrogen) atoms. The second-order valence-corrected chi connectivity index (χ2v) is 7.57. The summed E-state index contributed by atoms with van der Waals surface area (Å²) < 4.78 is 2.15. The standard InChI is InChI=1S/C22H30N4/c1-8-14(4)18-12-26(7)22-17(18)11-15(5)20(25-22)16-9-10-19(13(2)3)24-21(16)23-6/h9-14H,8H2,1-7H3,(H,23,24). The minimum Gasteiger partial charge on any atom is -0.373 e. The van der Waals surface area contributed by atoms with Crippen molar-refractivity contribution in [2.75, 3.05) is 12.4 Å². The number of nitrogens with zero attached hydrogens (tertiary/aromatic N) is 3. The Labute approximate surface area is 156 Å². The third kappa shape index (κ3) is 3.09. The molecule has 0 saturated carbocycles. The summed E-state index contributed by atoms with van der Waals surface area (Å²) in [6.45, 7) is 11.0. The highest BCUT2D eigenvalue weighted by Gasteiger charge is 2.18. The quantitative estimate of drug-likeness (QED) is 0.649. The van der Waals surface area contributed by atoms with Gasteiger partial charge in [0.05, 0.1) is 5.69 Å². The highest BCUT2D eigenvalue weighted by atomic mass is 15.0. The zero-order valence-electron chi connectivity index (χ0n) is 17.0. The van der Waals surface area contributed by atoms with Crippen molar-refractivity contribution < 1.29 is 0 Å². The van der Waals surface area contributed by atoms with Crippen LogP contribution in [0.5, 0.6) is 0 Å². The Morgan fingerprint density at radius 1 is 1.15 bits per heavy atom. The van der Waals surface area contributed by atoms with Crippen molar-refractivity contribution in [2.45, 2.75) is 52.9 Å². The van der Waals surface area contributed by atoms with Gasteiger partial charge < -0.3 is 9.88 Å². The fraction of sp³-hybridized carbons (Fsp3) is 0.455. The van der Waals surface area contributed by atoms with Gasteiger partial charge in [0.25, 0.3) is 0 Å². The molecule has 0 aliphatic heterocycles. The molecule has 138 valence electrons. The Balaban J connectivity index is 2.21. The molecule has 0 amide bonds. The lowest BCUT2D eigenvalue weighted by Gasteiger charge is -2.14. The molecule has 0 aliphatic carbocycles. The van der Waals surface area contributed by atoms with Crippen molar-refractivity contribution in [3.8, 4) is 11.3 Å². The average molecular weight is 351 g/mol. The van der Waals surface area contributed by atoms with Gasteiger partial charge in [0.1, 0.15) is 11.5 Å². The van der Waals surface area contributed by atoms with Gasteiger partial charge in [-0.2, -0.15) is 0 Å². The molecule has 1 atom stereocenters. The Morgan fingerprint density at radius 2 is 1.88 bits per heavy atom. The molecule has 0 fully saturated rings. The number of fused-ring (bicyclic) bond motifs is 1. The van der Waals surface area contributed by atoms with E-state index in [2.05, 4.69) is 75.9 Å². The maximum atomic E-state index is 5.05. The maximum absolute atomic E-state index is 5.05. The zero-order chi connectivity index (χ0) is 19.0. The summed E-state index contributed by atoms with van der Waals surface area (Å²) >= 11 is 0. The van der Waals surface area contributed by atoms with E-state index >= 15 is 0 Å². The Kier molecular flexibility index (Phi) is 5.03. The van der Waals surface area contributed by atoms with E-state index in [1.807, 2.05) is 7.05 Å². The van der Waals surface area contributed by atoms with Crippen LogP contribution in [0.2, 0.25) is 0 Å². The SMILES string of the molecule is CCC(C)c1cn(C)c2nc(-c3ccc(C(C)C)nc3NC)c(C)cc12. The summed E-state index contributed by atoms with van der Waals surface area (Å²) in [6.07, 6.45) is 3.36. The topological polar surface area (TPSA) is 42.7 Å². The number of anilines is 1. The normalized spacial score (nSPS) is 12.8. The number of aromatic nitrogens is 3. The van der Waals surface area contributed by atoms with E-state index in [1.54, 1.807) is 0 Å². The molecule has 1 unspecified atom stereocenters. The molecule has 3 heterocycles. The first-order chi connectivity index (χ1) is 12.4. The number of hydrogen-bond acceptors (Lipinski definition) is 3. The molecule has 0 aromatic carbocycles. The summed E-state index contributed by atoms with van der Waals surface area (Å²) in [5.74, 6) is 1.83. The molecule has 3 rings (SSSR count). The predicted octanol–water partition coefficient (Wildman–Crippen LogP) is 5.62. The van der Waals surface area contributed by atoms with Crippen molar-refractivity contribution >= 4 is 16.9 Å². The van der Waals surface area contributed by atoms with Gasteiger partial charge in [-0.15, -0.1) is 0 Å². The van der Waals surface area contributed by atoms with Crippen LogP contribution < -0.4 is 5.32 Å². The fourth-order valence-electron chi connectivity index (χ4n) is 3.49. The van der Waals surface area contributed by atoms with Crippen LogP contribution in [-0.2, 0) is 7.05 Å². The molecule has 4 heteroatoms. The highest BCUT2D eigenvalue weighted by molar-refractivity contribution is 5.87. The zero-order valence-corrected chi connectivity index (χ0v) is 17.0. The van der Waals surface area contributed by atoms with Gasteiger partial charge in [-0.3, -0.25) is 0 Å². The summed E-state index contributed by atoms with van der Waals surface area (Å²) in [7, 11) is 4.01. The summed E-state index contributed by atoms with van der Waals surface area (Å²) in [4.78, 5) is 9.85. The first-order valence-electron chi connectivity index (χ1n) is 9.52. The lowest BCUT2D eigenvalue weighted by Crippen LogP contribution is -2.03. The molecule has 0 aliphatic rings. The van der Waals surface area contributed by atoms with Crippen LogP contribution in [-0.4, -0.2) is 21.6 Å². The Morgan fingerprint density at radius 3 is 2.50 bits per heavy atom. The molecular weight excluding hydrogens is 320 g/mol. The van der Waals surface area contributed by atoms with Gasteiger partial charge in [-0.25, -0.2) is 9.97 Å². The van der Waals surface area contributed by atoms with Crippen LogP contribution in [0.25, 0.3) is 22.3 Å². The van der Waals surface area contributed by atoms with Crippen LogP contribution in [0.1, 0.15) is 62.8 Å². The van der Waals surface area contributed by atoms with Gasteiger partial charge >= 0.3 is 0 Å². The largest absolute Gasteiger partial charge is 0.373 e. The molecule has 0 bridgehead atoms. The number of rotatable bonds is 5. The Bertz CT molecular complexity index is 937. The van der Waals surface area contributed by atoms with Crippen LogP contribution in [0.15, 0.2) is 24.4 Å². The van der Waals surface area contributed by atoms with Crippen LogP contribution in [0, 0.1) is 6.92 Å². The van der Waals surface area contributed by atoms with E-state index < -0.39 is 0 Å². The lowest BCUT2D eigenvalue weighted by atomic mass is 9.97. The van der Waals surface area contributed by atoms with E-state index in [-0.39, 0.29) is 0 Å². The van der Waals surface area contributed by atoms with Crippen LogP contribution in [0.3, 0.4) is 0 Å². The van der Waals surface area contributed by atoms with Crippen molar-refractivity contribution in [3.63, 3.8) is 0 Å². The van der Waals surface area contributed by atoms with Crippen molar-refractivity contribution in [1.82, 2.24) is 14.5 Å². The Hall–Kier alpha value is -2.36. The second kappa shape index (κ2) is 7.10. The maximum Gasteiger partial charge on any atom is 0.140 e. The van der Waals surface area contributed by atoms with Crippen LogP contribution in [0.4, 0.5) is 5.82 Å². The minimum atomic E-state index is 0.402. The van der Waals surface area contributed by atoms with Gasteiger partial charge in [0, 0.05) is 36.9 Å². The number of nitrogens with one attached hydrogen (secondary N) is 1. The summed E-state index contributed by atoms with van der Waals surface area (Å²) in [6, 6.07) is 6.55. The van der Waals surface area contributed by atoms with Crippen molar-refractivity contribution in [3.05, 3.63) is 41.2 Å². The molecule has 3 aromatic heterocycles. The van der Waals surface area contributed by atoms with Gasteiger partial charge in [-0.1, -0.05) is 27.7 Å². The molecule has 1 N–H and O–H groups in total. The predicted molar refractivity (Wildman–Crippen MR) is 111 cm³/mol. The number of pyridine rings is 2. The van der Waals surface area contributed by atoms with E-state index in [9.17, 15) is 0 Å². The first-order valence-corrected chi connectivity index (χ1v) is 9.52. The van der Waals surface area contributed by atoms with E-state index in [4.69, 9.17) is 9.97 Å². The van der Waals surface area contributed by atoms with Gasteiger partial charge in [0.15, 0.2) is 0 Å². The minimum absolute atomic E-state index is 0.402. The third-order valence-electron chi connectivity index (χ3n) is 5.31. The lowest BCUT2D eigenvalue weighted by molar-refractivity contribution is 0.734. The van der Waals surface area contributed by atoms with Crippen LogP contribution >= 0.6 is 0 Å². The molecule has 3 aromatic rings. The third-order valence-corrected chi connectivity index (χ3v) is 5.31. The highest BCUT2D eigenvalue weighted by Crippen LogP contribution is 2.34. The van der Waals surface area contributed by atoms with Gasteiger partial charge in [0.2, 0.25) is 0 Å². The fourth-order valence-corrected chi connectivity index (χ4v) is 3.49. The molecule has 0 spiro atoms. The molecular formula is C22H30N4.